The Hall–Kier alpha value is -1.97. The third-order valence-corrected chi connectivity index (χ3v) is 8.27. The molecule has 1 aliphatic rings. The summed E-state index contributed by atoms with van der Waals surface area (Å²) >= 11 is 15.9. The number of hydrogen-bond donors (Lipinski definition) is 0. The molecule has 0 saturated carbocycles. The van der Waals surface area contributed by atoms with Crippen LogP contribution < -0.4 is 14.2 Å². The largest absolute Gasteiger partial charge is 0.497 e. The summed E-state index contributed by atoms with van der Waals surface area (Å²) in [6.45, 7) is 1.13. The van der Waals surface area contributed by atoms with Gasteiger partial charge in [-0.15, -0.1) is 0 Å². The fourth-order valence-electron chi connectivity index (χ4n) is 3.57. The van der Waals surface area contributed by atoms with Gasteiger partial charge in [0.05, 0.1) is 17.2 Å². The standard InChI is InChI=1S/C24H22BrCl2NO5S/c1-31-18-6-4-16(5-7-18)15-32-22-9-8-19(33-24-20(26)12-17(25)13-21(24)27)14-23(22)34(29,30)28-10-2-3-11-28/h4-9,12-14H,2-3,10-11,15H2,1H3. The Morgan fingerprint density at radius 2 is 1.56 bits per heavy atom. The van der Waals surface area contributed by atoms with Crippen LogP contribution in [0.2, 0.25) is 10.0 Å². The molecule has 0 N–H and O–H groups in total. The predicted molar refractivity (Wildman–Crippen MR) is 136 cm³/mol. The topological polar surface area (TPSA) is 65.1 Å². The second kappa shape index (κ2) is 10.7. The zero-order chi connectivity index (χ0) is 24.3. The van der Waals surface area contributed by atoms with Crippen molar-refractivity contribution in [2.75, 3.05) is 20.2 Å². The number of sulfonamides is 1. The molecule has 6 nitrogen and oxygen atoms in total. The summed E-state index contributed by atoms with van der Waals surface area (Å²) in [4.78, 5) is 0.0322. The van der Waals surface area contributed by atoms with Gasteiger partial charge in [0.25, 0.3) is 0 Å². The van der Waals surface area contributed by atoms with E-state index in [4.69, 9.17) is 37.4 Å². The van der Waals surface area contributed by atoms with Gasteiger partial charge < -0.3 is 14.2 Å². The molecule has 10 heteroatoms. The number of halogens is 3. The summed E-state index contributed by atoms with van der Waals surface area (Å²) in [5.74, 6) is 1.49. The maximum Gasteiger partial charge on any atom is 0.246 e. The molecular weight excluding hydrogens is 565 g/mol. The minimum Gasteiger partial charge on any atom is -0.497 e. The molecule has 180 valence electrons. The molecule has 3 aromatic rings. The molecule has 0 amide bonds. The number of ether oxygens (including phenoxy) is 3. The van der Waals surface area contributed by atoms with Crippen LogP contribution in [0.3, 0.4) is 0 Å². The fraction of sp³-hybridized carbons (Fsp3) is 0.250. The van der Waals surface area contributed by atoms with Gasteiger partial charge in [-0.05, 0) is 54.8 Å². The first kappa shape index (κ1) is 25.1. The van der Waals surface area contributed by atoms with E-state index in [-0.39, 0.29) is 28.8 Å². The zero-order valence-electron chi connectivity index (χ0n) is 18.3. The highest BCUT2D eigenvalue weighted by Gasteiger charge is 2.31. The Morgan fingerprint density at radius 3 is 2.18 bits per heavy atom. The van der Waals surface area contributed by atoms with Crippen molar-refractivity contribution in [2.24, 2.45) is 0 Å². The lowest BCUT2D eigenvalue weighted by Gasteiger charge is -2.20. The highest BCUT2D eigenvalue weighted by atomic mass is 79.9. The van der Waals surface area contributed by atoms with Gasteiger partial charge >= 0.3 is 0 Å². The second-order valence-electron chi connectivity index (χ2n) is 7.66. The van der Waals surface area contributed by atoms with E-state index in [0.717, 1.165) is 24.2 Å². The monoisotopic (exact) mass is 585 g/mol. The van der Waals surface area contributed by atoms with Gasteiger partial charge in [0, 0.05) is 23.6 Å². The molecule has 4 rings (SSSR count). The van der Waals surface area contributed by atoms with Crippen LogP contribution in [-0.2, 0) is 16.6 Å². The van der Waals surface area contributed by atoms with Crippen LogP contribution >= 0.6 is 39.1 Å². The summed E-state index contributed by atoms with van der Waals surface area (Å²) < 4.78 is 46.1. The van der Waals surface area contributed by atoms with Crippen LogP contribution in [0.25, 0.3) is 0 Å². The van der Waals surface area contributed by atoms with Crippen molar-refractivity contribution in [3.63, 3.8) is 0 Å². The summed E-state index contributed by atoms with van der Waals surface area (Å²) in [5.41, 5.74) is 0.874. The molecule has 0 unspecified atom stereocenters. The van der Waals surface area contributed by atoms with E-state index in [9.17, 15) is 8.42 Å². The molecule has 0 aromatic heterocycles. The first-order valence-corrected chi connectivity index (χ1v) is 13.5. The highest BCUT2D eigenvalue weighted by Crippen LogP contribution is 2.40. The minimum atomic E-state index is -3.79. The van der Waals surface area contributed by atoms with Crippen LogP contribution in [0.1, 0.15) is 18.4 Å². The van der Waals surface area contributed by atoms with E-state index in [1.54, 1.807) is 31.4 Å². The van der Waals surface area contributed by atoms with Crippen LogP contribution in [0.4, 0.5) is 0 Å². The Bertz CT molecular complexity index is 1260. The van der Waals surface area contributed by atoms with E-state index >= 15 is 0 Å². The summed E-state index contributed by atoms with van der Waals surface area (Å²) in [6, 6.07) is 15.3. The van der Waals surface area contributed by atoms with E-state index in [2.05, 4.69) is 15.9 Å². The molecular formula is C24H22BrCl2NO5S. The third kappa shape index (κ3) is 5.63. The summed E-state index contributed by atoms with van der Waals surface area (Å²) in [5, 5.41) is 0.589. The predicted octanol–water partition coefficient (Wildman–Crippen LogP) is 6.92. The van der Waals surface area contributed by atoms with Crippen LogP contribution in [0.15, 0.2) is 64.0 Å². The summed E-state index contributed by atoms with van der Waals surface area (Å²) in [7, 11) is -2.19. The van der Waals surface area contributed by atoms with Gasteiger partial charge in [-0.25, -0.2) is 8.42 Å². The molecule has 0 atom stereocenters. The van der Waals surface area contributed by atoms with Crippen LogP contribution in [0.5, 0.6) is 23.0 Å². The van der Waals surface area contributed by atoms with Crippen LogP contribution in [-0.4, -0.2) is 32.9 Å². The maximum atomic E-state index is 13.4. The molecule has 0 bridgehead atoms. The number of rotatable bonds is 8. The van der Waals surface area contributed by atoms with Gasteiger partial charge in [-0.2, -0.15) is 4.31 Å². The SMILES string of the molecule is COc1ccc(COc2ccc(Oc3c(Cl)cc(Br)cc3Cl)cc2S(=O)(=O)N2CCCC2)cc1. The lowest BCUT2D eigenvalue weighted by Crippen LogP contribution is -2.28. The Labute approximate surface area is 217 Å². The molecule has 3 aromatic carbocycles. The quantitative estimate of drug-likeness (QED) is 0.287. The van der Waals surface area contributed by atoms with E-state index in [1.807, 2.05) is 24.3 Å². The molecule has 34 heavy (non-hydrogen) atoms. The van der Waals surface area contributed by atoms with Crippen molar-refractivity contribution in [3.8, 4) is 23.0 Å². The van der Waals surface area contributed by atoms with Gasteiger partial charge in [-0.3, -0.25) is 0 Å². The normalized spacial score (nSPS) is 14.2. The van der Waals surface area contributed by atoms with Crippen LogP contribution in [0, 0.1) is 0 Å². The highest BCUT2D eigenvalue weighted by molar-refractivity contribution is 9.10. The molecule has 0 spiro atoms. The van der Waals surface area contributed by atoms with Crippen molar-refractivity contribution in [1.29, 1.82) is 0 Å². The zero-order valence-corrected chi connectivity index (χ0v) is 22.2. The van der Waals surface area contributed by atoms with Gasteiger partial charge in [0.2, 0.25) is 10.0 Å². The maximum absolute atomic E-state index is 13.4. The van der Waals surface area contributed by atoms with Gasteiger partial charge in [-0.1, -0.05) is 51.3 Å². The van der Waals surface area contributed by atoms with E-state index < -0.39 is 10.0 Å². The lowest BCUT2D eigenvalue weighted by atomic mass is 10.2. The summed E-state index contributed by atoms with van der Waals surface area (Å²) in [6.07, 6.45) is 1.64. The average molecular weight is 587 g/mol. The lowest BCUT2D eigenvalue weighted by molar-refractivity contribution is 0.296. The van der Waals surface area contributed by atoms with Crippen molar-refractivity contribution in [3.05, 3.63) is 74.7 Å². The molecule has 1 heterocycles. The Balaban J connectivity index is 1.66. The molecule has 1 fully saturated rings. The Kier molecular flexibility index (Phi) is 7.94. The van der Waals surface area contributed by atoms with Gasteiger partial charge in [0.1, 0.15) is 28.8 Å². The van der Waals surface area contributed by atoms with Crippen molar-refractivity contribution >= 4 is 49.2 Å². The first-order chi connectivity index (χ1) is 16.3. The van der Waals surface area contributed by atoms with E-state index in [0.29, 0.717) is 27.6 Å². The van der Waals surface area contributed by atoms with Crippen molar-refractivity contribution in [2.45, 2.75) is 24.3 Å². The number of benzene rings is 3. The molecule has 1 aliphatic heterocycles. The average Bonchev–Trinajstić information content (AvgIpc) is 3.37. The third-order valence-electron chi connectivity index (χ3n) is 5.33. The Morgan fingerprint density at radius 1 is 0.941 bits per heavy atom. The number of hydrogen-bond acceptors (Lipinski definition) is 5. The first-order valence-electron chi connectivity index (χ1n) is 10.5. The fourth-order valence-corrected chi connectivity index (χ4v) is 6.52. The molecule has 0 radical (unpaired) electrons. The molecule has 0 aliphatic carbocycles. The van der Waals surface area contributed by atoms with Crippen molar-refractivity contribution < 1.29 is 22.6 Å². The molecule has 1 saturated heterocycles. The number of nitrogens with zero attached hydrogens (tertiary/aromatic N) is 1. The van der Waals surface area contributed by atoms with E-state index in [1.165, 1.54) is 10.4 Å². The second-order valence-corrected chi connectivity index (χ2v) is 11.3. The smallest absolute Gasteiger partial charge is 0.246 e. The van der Waals surface area contributed by atoms with Crippen molar-refractivity contribution in [1.82, 2.24) is 4.31 Å². The van der Waals surface area contributed by atoms with Gasteiger partial charge in [0.15, 0.2) is 5.75 Å². The minimum absolute atomic E-state index is 0.0322. The number of methoxy groups -OCH3 is 1.